The topological polar surface area (TPSA) is 74.6 Å². The van der Waals surface area contributed by atoms with Crippen LogP contribution in [0.1, 0.15) is 52.8 Å². The number of nitrogens with one attached hydrogen (secondary N) is 2. The quantitative estimate of drug-likeness (QED) is 0.491. The van der Waals surface area contributed by atoms with Gasteiger partial charge in [0, 0.05) is 23.8 Å². The normalized spacial score (nSPS) is 11.1. The third-order valence-corrected chi connectivity index (χ3v) is 5.31. The fraction of sp³-hybridized carbons (Fsp3) is 0.280. The number of benzene rings is 2. The summed E-state index contributed by atoms with van der Waals surface area (Å²) in [5.41, 5.74) is 2.27. The van der Waals surface area contributed by atoms with Crippen LogP contribution in [0, 0.1) is 12.7 Å². The van der Waals surface area contributed by atoms with Crippen molar-refractivity contribution in [2.24, 2.45) is 0 Å². The molecule has 2 aromatic carbocycles. The molecule has 0 saturated heterocycles. The van der Waals surface area contributed by atoms with E-state index in [0.29, 0.717) is 28.6 Å². The Hall–Kier alpha value is -3.45. The molecule has 0 unspecified atom stereocenters. The lowest BCUT2D eigenvalue weighted by Crippen LogP contribution is -2.29. The summed E-state index contributed by atoms with van der Waals surface area (Å²) in [7, 11) is 0. The van der Waals surface area contributed by atoms with Gasteiger partial charge in [-0.25, -0.2) is 4.39 Å². The second-order valence-electron chi connectivity index (χ2n) is 7.85. The molecule has 3 aromatic rings. The summed E-state index contributed by atoms with van der Waals surface area (Å²) in [6.45, 7) is 9.84. The minimum atomic E-state index is -0.604. The van der Waals surface area contributed by atoms with Gasteiger partial charge in [0.05, 0.1) is 17.5 Å². The number of halogens is 1. The molecule has 0 atom stereocenters. The Balaban J connectivity index is 1.68. The second kappa shape index (κ2) is 10.2. The van der Waals surface area contributed by atoms with Crippen molar-refractivity contribution in [3.63, 3.8) is 0 Å². The molecule has 32 heavy (non-hydrogen) atoms. The van der Waals surface area contributed by atoms with Gasteiger partial charge in [0.1, 0.15) is 11.6 Å². The van der Waals surface area contributed by atoms with E-state index < -0.39 is 11.7 Å². The molecule has 0 radical (unpaired) electrons. The van der Waals surface area contributed by atoms with Crippen LogP contribution >= 0.6 is 0 Å². The Morgan fingerprint density at radius 3 is 2.34 bits per heavy atom. The lowest BCUT2D eigenvalue weighted by molar-refractivity contribution is 0.101. The standard InChI is InChI=1S/C25H28FN3O3/c1-5-29(16(2)3)15-18-6-8-19(9-7-18)24(30)27-20-10-11-22(26)23(14-20)28-25(31)21-12-13-32-17(21)4/h6-14,16H,5,15H2,1-4H3,(H,27,30)(H,28,31). The van der Waals surface area contributed by atoms with E-state index in [1.54, 1.807) is 19.1 Å². The first kappa shape index (κ1) is 23.2. The van der Waals surface area contributed by atoms with E-state index >= 15 is 0 Å². The van der Waals surface area contributed by atoms with Crippen molar-refractivity contribution in [1.29, 1.82) is 0 Å². The van der Waals surface area contributed by atoms with Crippen molar-refractivity contribution < 1.29 is 18.4 Å². The van der Waals surface area contributed by atoms with Crippen molar-refractivity contribution in [2.45, 2.75) is 40.3 Å². The maximum absolute atomic E-state index is 14.2. The van der Waals surface area contributed by atoms with Gasteiger partial charge in [-0.05, 0) is 69.3 Å². The molecule has 6 nitrogen and oxygen atoms in total. The van der Waals surface area contributed by atoms with E-state index in [9.17, 15) is 14.0 Å². The zero-order valence-electron chi connectivity index (χ0n) is 18.7. The van der Waals surface area contributed by atoms with Crippen molar-refractivity contribution in [1.82, 2.24) is 4.90 Å². The first-order valence-corrected chi connectivity index (χ1v) is 10.6. The van der Waals surface area contributed by atoms with Crippen molar-refractivity contribution in [2.75, 3.05) is 17.2 Å². The molecule has 0 aliphatic rings. The summed E-state index contributed by atoms with van der Waals surface area (Å²) in [6.07, 6.45) is 1.39. The van der Waals surface area contributed by atoms with Crippen LogP contribution in [-0.4, -0.2) is 29.3 Å². The summed E-state index contributed by atoms with van der Waals surface area (Å²) in [6, 6.07) is 13.4. The number of nitrogens with zero attached hydrogens (tertiary/aromatic N) is 1. The van der Waals surface area contributed by atoms with Gasteiger partial charge in [0.15, 0.2) is 0 Å². The highest BCUT2D eigenvalue weighted by Gasteiger charge is 2.15. The predicted octanol–water partition coefficient (Wildman–Crippen LogP) is 5.46. The van der Waals surface area contributed by atoms with Crippen molar-refractivity contribution in [3.8, 4) is 0 Å². The van der Waals surface area contributed by atoms with E-state index in [-0.39, 0.29) is 11.6 Å². The fourth-order valence-corrected chi connectivity index (χ4v) is 3.37. The smallest absolute Gasteiger partial charge is 0.259 e. The molecule has 0 spiro atoms. The Bertz CT molecular complexity index is 1090. The van der Waals surface area contributed by atoms with Crippen LogP contribution in [0.5, 0.6) is 0 Å². The molecule has 0 fully saturated rings. The molecular formula is C25H28FN3O3. The molecule has 1 aromatic heterocycles. The monoisotopic (exact) mass is 437 g/mol. The van der Waals surface area contributed by atoms with E-state index in [4.69, 9.17) is 4.42 Å². The van der Waals surface area contributed by atoms with Gasteiger partial charge in [-0.1, -0.05) is 19.1 Å². The number of hydrogen-bond acceptors (Lipinski definition) is 4. The van der Waals surface area contributed by atoms with Crippen LogP contribution in [0.25, 0.3) is 0 Å². The van der Waals surface area contributed by atoms with Crippen LogP contribution in [0.2, 0.25) is 0 Å². The fourth-order valence-electron chi connectivity index (χ4n) is 3.37. The Morgan fingerprint density at radius 2 is 1.75 bits per heavy atom. The molecule has 3 rings (SSSR count). The maximum Gasteiger partial charge on any atom is 0.259 e. The van der Waals surface area contributed by atoms with Gasteiger partial charge in [-0.3, -0.25) is 14.5 Å². The minimum absolute atomic E-state index is 0.0305. The lowest BCUT2D eigenvalue weighted by Gasteiger charge is -2.24. The van der Waals surface area contributed by atoms with Crippen LogP contribution in [0.4, 0.5) is 15.8 Å². The summed E-state index contributed by atoms with van der Waals surface area (Å²) in [4.78, 5) is 27.3. The lowest BCUT2D eigenvalue weighted by atomic mass is 10.1. The number of anilines is 2. The predicted molar refractivity (Wildman–Crippen MR) is 123 cm³/mol. The number of rotatable bonds is 8. The van der Waals surface area contributed by atoms with E-state index in [0.717, 1.165) is 18.7 Å². The minimum Gasteiger partial charge on any atom is -0.469 e. The molecular weight excluding hydrogens is 409 g/mol. The molecule has 0 aliphatic heterocycles. The summed E-state index contributed by atoms with van der Waals surface area (Å²) >= 11 is 0. The number of aryl methyl sites for hydroxylation is 1. The Kier molecular flexibility index (Phi) is 7.43. The number of furan rings is 1. The van der Waals surface area contributed by atoms with Gasteiger partial charge >= 0.3 is 0 Å². The SMILES string of the molecule is CCN(Cc1ccc(C(=O)Nc2ccc(F)c(NC(=O)c3ccoc3C)c2)cc1)C(C)C. The van der Waals surface area contributed by atoms with Gasteiger partial charge in [0.25, 0.3) is 11.8 Å². The van der Waals surface area contributed by atoms with Crippen molar-refractivity contribution >= 4 is 23.2 Å². The highest BCUT2D eigenvalue weighted by molar-refractivity contribution is 6.06. The highest BCUT2D eigenvalue weighted by Crippen LogP contribution is 2.22. The van der Waals surface area contributed by atoms with E-state index in [2.05, 4.69) is 36.3 Å². The van der Waals surface area contributed by atoms with Crippen molar-refractivity contribution in [3.05, 3.63) is 83.1 Å². The van der Waals surface area contributed by atoms with Crippen LogP contribution < -0.4 is 10.6 Å². The molecule has 2 amide bonds. The van der Waals surface area contributed by atoms with Crippen LogP contribution in [0.15, 0.2) is 59.2 Å². The number of hydrogen-bond donors (Lipinski definition) is 2. The number of carbonyl (C=O) groups excluding carboxylic acids is 2. The first-order chi connectivity index (χ1) is 15.3. The molecule has 0 aliphatic carbocycles. The summed E-state index contributed by atoms with van der Waals surface area (Å²) in [5, 5.41) is 5.27. The average molecular weight is 438 g/mol. The highest BCUT2D eigenvalue weighted by atomic mass is 19.1. The van der Waals surface area contributed by atoms with E-state index in [1.807, 2.05) is 12.1 Å². The number of amides is 2. The first-order valence-electron chi connectivity index (χ1n) is 10.6. The molecule has 1 heterocycles. The summed E-state index contributed by atoms with van der Waals surface area (Å²) in [5.74, 6) is -0.974. The molecule has 0 saturated carbocycles. The molecule has 2 N–H and O–H groups in total. The Labute approximate surface area is 187 Å². The second-order valence-corrected chi connectivity index (χ2v) is 7.85. The molecule has 7 heteroatoms. The number of carbonyl (C=O) groups is 2. The van der Waals surface area contributed by atoms with Gasteiger partial charge in [-0.15, -0.1) is 0 Å². The van der Waals surface area contributed by atoms with E-state index in [1.165, 1.54) is 30.5 Å². The van der Waals surface area contributed by atoms with Crippen LogP contribution in [0.3, 0.4) is 0 Å². The van der Waals surface area contributed by atoms with Gasteiger partial charge in [0.2, 0.25) is 0 Å². The largest absolute Gasteiger partial charge is 0.469 e. The van der Waals surface area contributed by atoms with Gasteiger partial charge < -0.3 is 15.1 Å². The molecule has 168 valence electrons. The zero-order chi connectivity index (χ0) is 23.3. The van der Waals surface area contributed by atoms with Gasteiger partial charge in [-0.2, -0.15) is 0 Å². The zero-order valence-corrected chi connectivity index (χ0v) is 18.7. The molecule has 0 bridgehead atoms. The third-order valence-electron chi connectivity index (χ3n) is 5.31. The maximum atomic E-state index is 14.2. The third kappa shape index (κ3) is 5.62. The summed E-state index contributed by atoms with van der Waals surface area (Å²) < 4.78 is 19.3. The Morgan fingerprint density at radius 1 is 1.03 bits per heavy atom. The van der Waals surface area contributed by atoms with Crippen LogP contribution in [-0.2, 0) is 6.54 Å². The average Bonchev–Trinajstić information content (AvgIpc) is 3.20.